The van der Waals surface area contributed by atoms with E-state index in [1.54, 1.807) is 4.90 Å². The summed E-state index contributed by atoms with van der Waals surface area (Å²) in [6.07, 6.45) is 2.01. The Balaban J connectivity index is 1.99. The standard InChI is InChI=1S/C10H14N2O3/c1-7(13)4-11-5-10(15)12(6-9(11)14)8-2-3-8/h8H,2-6H2,1H3. The maximum absolute atomic E-state index is 11.6. The van der Waals surface area contributed by atoms with Crippen molar-refractivity contribution in [3.8, 4) is 0 Å². The molecule has 0 N–H and O–H groups in total. The van der Waals surface area contributed by atoms with Crippen LogP contribution in [-0.2, 0) is 14.4 Å². The fourth-order valence-electron chi connectivity index (χ4n) is 1.81. The summed E-state index contributed by atoms with van der Waals surface area (Å²) in [6, 6.07) is 0.279. The van der Waals surface area contributed by atoms with E-state index in [-0.39, 0.29) is 43.3 Å². The molecule has 2 amide bonds. The fourth-order valence-corrected chi connectivity index (χ4v) is 1.81. The maximum Gasteiger partial charge on any atom is 0.243 e. The van der Waals surface area contributed by atoms with Crippen molar-refractivity contribution in [2.75, 3.05) is 19.6 Å². The molecule has 2 rings (SSSR count). The van der Waals surface area contributed by atoms with Crippen molar-refractivity contribution in [1.82, 2.24) is 9.80 Å². The van der Waals surface area contributed by atoms with Crippen LogP contribution in [0, 0.1) is 0 Å². The second-order valence-electron chi connectivity index (χ2n) is 4.20. The van der Waals surface area contributed by atoms with Crippen molar-refractivity contribution in [2.45, 2.75) is 25.8 Å². The Kier molecular flexibility index (Phi) is 2.46. The largest absolute Gasteiger partial charge is 0.329 e. The van der Waals surface area contributed by atoms with Gasteiger partial charge < -0.3 is 9.80 Å². The van der Waals surface area contributed by atoms with Gasteiger partial charge in [0.2, 0.25) is 11.8 Å². The highest BCUT2D eigenvalue weighted by Gasteiger charge is 2.38. The van der Waals surface area contributed by atoms with Crippen molar-refractivity contribution >= 4 is 17.6 Å². The zero-order chi connectivity index (χ0) is 11.0. The number of amides is 2. The number of piperazine rings is 1. The second-order valence-corrected chi connectivity index (χ2v) is 4.20. The smallest absolute Gasteiger partial charge is 0.243 e. The van der Waals surface area contributed by atoms with E-state index in [2.05, 4.69) is 0 Å². The third-order valence-electron chi connectivity index (χ3n) is 2.71. The minimum atomic E-state index is -0.114. The number of hydrogen-bond acceptors (Lipinski definition) is 3. The van der Waals surface area contributed by atoms with Crippen molar-refractivity contribution in [1.29, 1.82) is 0 Å². The number of carbonyl (C=O) groups is 3. The predicted octanol–water partition coefficient (Wildman–Crippen LogP) is -0.591. The molecule has 0 aromatic carbocycles. The molecule has 0 aromatic heterocycles. The van der Waals surface area contributed by atoms with Gasteiger partial charge in [-0.15, -0.1) is 0 Å². The zero-order valence-corrected chi connectivity index (χ0v) is 8.73. The first kappa shape index (κ1) is 10.1. The molecule has 1 saturated carbocycles. The lowest BCUT2D eigenvalue weighted by Gasteiger charge is -2.33. The van der Waals surface area contributed by atoms with E-state index in [1.807, 2.05) is 0 Å². The van der Waals surface area contributed by atoms with Gasteiger partial charge in [0.05, 0.1) is 6.54 Å². The number of carbonyl (C=O) groups excluding carboxylic acids is 3. The molecule has 5 heteroatoms. The topological polar surface area (TPSA) is 57.7 Å². The van der Waals surface area contributed by atoms with Crippen LogP contribution in [0.4, 0.5) is 0 Å². The summed E-state index contributed by atoms with van der Waals surface area (Å²) >= 11 is 0. The molecular formula is C10H14N2O3. The highest BCUT2D eigenvalue weighted by molar-refractivity contribution is 5.95. The number of rotatable bonds is 3. The van der Waals surface area contributed by atoms with Crippen LogP contribution < -0.4 is 0 Å². The van der Waals surface area contributed by atoms with Gasteiger partial charge in [0.15, 0.2) is 0 Å². The second kappa shape index (κ2) is 3.64. The van der Waals surface area contributed by atoms with Gasteiger partial charge in [-0.05, 0) is 19.8 Å². The number of nitrogens with zero attached hydrogens (tertiary/aromatic N) is 2. The van der Waals surface area contributed by atoms with E-state index in [9.17, 15) is 14.4 Å². The Bertz CT molecular complexity index is 323. The monoisotopic (exact) mass is 210 g/mol. The molecule has 0 radical (unpaired) electrons. The summed E-state index contributed by atoms with van der Waals surface area (Å²) in [4.78, 5) is 37.1. The third kappa shape index (κ3) is 2.16. The highest BCUT2D eigenvalue weighted by Crippen LogP contribution is 2.28. The molecule has 2 fully saturated rings. The fraction of sp³-hybridized carbons (Fsp3) is 0.700. The summed E-state index contributed by atoms with van der Waals surface area (Å²) in [5, 5.41) is 0. The molecule has 1 aliphatic heterocycles. The van der Waals surface area contributed by atoms with Gasteiger partial charge in [-0.3, -0.25) is 14.4 Å². The van der Waals surface area contributed by atoms with E-state index >= 15 is 0 Å². The first-order chi connectivity index (χ1) is 7.08. The van der Waals surface area contributed by atoms with Gasteiger partial charge in [0.25, 0.3) is 0 Å². The molecular weight excluding hydrogens is 196 g/mol. The highest BCUT2D eigenvalue weighted by atomic mass is 16.2. The molecule has 1 heterocycles. The van der Waals surface area contributed by atoms with Crippen molar-refractivity contribution < 1.29 is 14.4 Å². The SMILES string of the molecule is CC(=O)CN1CC(=O)N(C2CC2)CC1=O. The number of Topliss-reactive ketones (excluding diaryl/α,β-unsaturated/α-hetero) is 1. The third-order valence-corrected chi connectivity index (χ3v) is 2.71. The number of hydrogen-bond donors (Lipinski definition) is 0. The molecule has 5 nitrogen and oxygen atoms in total. The Labute approximate surface area is 88.0 Å². The molecule has 1 aliphatic carbocycles. The minimum absolute atomic E-state index is 0.0293. The molecule has 0 bridgehead atoms. The van der Waals surface area contributed by atoms with Gasteiger partial charge in [-0.25, -0.2) is 0 Å². The summed E-state index contributed by atoms with van der Waals surface area (Å²) < 4.78 is 0. The summed E-state index contributed by atoms with van der Waals surface area (Å²) in [6.45, 7) is 1.69. The summed E-state index contributed by atoms with van der Waals surface area (Å²) in [7, 11) is 0. The van der Waals surface area contributed by atoms with Crippen LogP contribution in [-0.4, -0.2) is 53.1 Å². The Morgan fingerprint density at radius 3 is 2.47 bits per heavy atom. The van der Waals surface area contributed by atoms with Crippen LogP contribution in [0.25, 0.3) is 0 Å². The van der Waals surface area contributed by atoms with Crippen LogP contribution in [0.5, 0.6) is 0 Å². The quantitative estimate of drug-likeness (QED) is 0.625. The van der Waals surface area contributed by atoms with Crippen LogP contribution in [0.15, 0.2) is 0 Å². The molecule has 0 aromatic rings. The zero-order valence-electron chi connectivity index (χ0n) is 8.73. The Morgan fingerprint density at radius 2 is 1.93 bits per heavy atom. The summed E-state index contributed by atoms with van der Waals surface area (Å²) in [5.41, 5.74) is 0. The normalized spacial score (nSPS) is 22.2. The average molecular weight is 210 g/mol. The maximum atomic E-state index is 11.6. The van der Waals surface area contributed by atoms with E-state index < -0.39 is 0 Å². The van der Waals surface area contributed by atoms with E-state index in [0.717, 1.165) is 12.8 Å². The average Bonchev–Trinajstić information content (AvgIpc) is 2.93. The van der Waals surface area contributed by atoms with Crippen molar-refractivity contribution in [3.05, 3.63) is 0 Å². The molecule has 1 saturated heterocycles. The molecule has 2 aliphatic rings. The Morgan fingerprint density at radius 1 is 1.27 bits per heavy atom. The van der Waals surface area contributed by atoms with E-state index in [0.29, 0.717) is 0 Å². The predicted molar refractivity (Wildman–Crippen MR) is 52.0 cm³/mol. The lowest BCUT2D eigenvalue weighted by molar-refractivity contribution is -0.151. The Hall–Kier alpha value is -1.39. The summed E-state index contributed by atoms with van der Waals surface area (Å²) in [5.74, 6) is -0.230. The molecule has 0 unspecified atom stereocenters. The van der Waals surface area contributed by atoms with Crippen LogP contribution in [0.2, 0.25) is 0 Å². The molecule has 15 heavy (non-hydrogen) atoms. The van der Waals surface area contributed by atoms with Crippen LogP contribution in [0.1, 0.15) is 19.8 Å². The van der Waals surface area contributed by atoms with Gasteiger partial charge >= 0.3 is 0 Å². The van der Waals surface area contributed by atoms with E-state index in [1.165, 1.54) is 11.8 Å². The first-order valence-electron chi connectivity index (χ1n) is 5.14. The molecule has 0 spiro atoms. The van der Waals surface area contributed by atoms with Crippen LogP contribution >= 0.6 is 0 Å². The van der Waals surface area contributed by atoms with Gasteiger partial charge in [0, 0.05) is 6.04 Å². The lowest BCUT2D eigenvalue weighted by atomic mass is 10.2. The van der Waals surface area contributed by atoms with Crippen LogP contribution in [0.3, 0.4) is 0 Å². The van der Waals surface area contributed by atoms with E-state index in [4.69, 9.17) is 0 Å². The van der Waals surface area contributed by atoms with Gasteiger partial charge in [0.1, 0.15) is 18.9 Å². The lowest BCUT2D eigenvalue weighted by Crippen LogP contribution is -2.55. The molecule has 82 valence electrons. The first-order valence-corrected chi connectivity index (χ1v) is 5.14. The minimum Gasteiger partial charge on any atom is -0.329 e. The van der Waals surface area contributed by atoms with Gasteiger partial charge in [-0.2, -0.15) is 0 Å². The van der Waals surface area contributed by atoms with Crippen molar-refractivity contribution in [3.63, 3.8) is 0 Å². The van der Waals surface area contributed by atoms with Gasteiger partial charge in [-0.1, -0.05) is 0 Å². The molecule has 0 atom stereocenters. The number of ketones is 1. The van der Waals surface area contributed by atoms with Crippen molar-refractivity contribution in [2.24, 2.45) is 0 Å².